The van der Waals surface area contributed by atoms with E-state index in [-0.39, 0.29) is 47.5 Å². The molecule has 2 heterocycles. The van der Waals surface area contributed by atoms with Crippen molar-refractivity contribution in [3.63, 3.8) is 0 Å². The molecule has 3 N–H and O–H groups in total. The molecule has 0 fully saturated rings. The fourth-order valence-electron chi connectivity index (χ4n) is 4.24. The highest BCUT2D eigenvalue weighted by molar-refractivity contribution is 7.89. The molecular formula is C22H27FN6O3S. The Morgan fingerprint density at radius 2 is 1.97 bits per heavy atom. The lowest BCUT2D eigenvalue weighted by Crippen LogP contribution is -2.31. The average Bonchev–Trinajstić information content (AvgIpc) is 3.22. The summed E-state index contributed by atoms with van der Waals surface area (Å²) in [6.45, 7) is 5.89. The van der Waals surface area contributed by atoms with Crippen LogP contribution < -0.4 is 10.5 Å². The van der Waals surface area contributed by atoms with Gasteiger partial charge in [0.2, 0.25) is 10.0 Å². The molecule has 0 atom stereocenters. The van der Waals surface area contributed by atoms with E-state index in [1.54, 1.807) is 4.57 Å². The van der Waals surface area contributed by atoms with Gasteiger partial charge in [0.1, 0.15) is 5.82 Å². The minimum Gasteiger partial charge on any atom is -0.382 e. The topological polar surface area (TPSA) is 133 Å². The molecule has 1 aliphatic carbocycles. The number of rotatable bonds is 8. The van der Waals surface area contributed by atoms with Gasteiger partial charge in [-0.3, -0.25) is 4.79 Å². The van der Waals surface area contributed by atoms with E-state index < -0.39 is 16.1 Å². The second kappa shape index (κ2) is 8.79. The fourth-order valence-corrected chi connectivity index (χ4v) is 5.64. The van der Waals surface area contributed by atoms with Crippen LogP contribution in [0.3, 0.4) is 0 Å². The van der Waals surface area contributed by atoms with Gasteiger partial charge in [0.05, 0.1) is 5.75 Å². The smallest absolute Gasteiger partial charge is 0.312 e. The number of nitrogens with one attached hydrogen (secondary N) is 1. The molecule has 33 heavy (non-hydrogen) atoms. The van der Waals surface area contributed by atoms with E-state index in [4.69, 9.17) is 5.73 Å². The van der Waals surface area contributed by atoms with Crippen LogP contribution in [0.15, 0.2) is 12.1 Å². The van der Waals surface area contributed by atoms with E-state index in [1.165, 1.54) is 0 Å². The average molecular weight is 475 g/mol. The maximum Gasteiger partial charge on any atom is 0.312 e. The number of carbonyl (C=O) groups is 1. The summed E-state index contributed by atoms with van der Waals surface area (Å²) in [5.41, 5.74) is 10.0. The number of nitrogens with two attached hydrogens (primary N) is 1. The van der Waals surface area contributed by atoms with Crippen molar-refractivity contribution in [2.24, 2.45) is 5.92 Å². The molecule has 2 aromatic heterocycles. The number of aryl methyl sites for hydroxylation is 2. The number of hydrogen-bond acceptors (Lipinski definition) is 7. The van der Waals surface area contributed by atoms with Crippen molar-refractivity contribution in [3.8, 4) is 0 Å². The molecule has 0 amide bonds. The molecule has 0 bridgehead atoms. The summed E-state index contributed by atoms with van der Waals surface area (Å²) < 4.78 is 42.6. The van der Waals surface area contributed by atoms with E-state index in [0.717, 1.165) is 28.7 Å². The first-order chi connectivity index (χ1) is 15.5. The Morgan fingerprint density at radius 3 is 2.70 bits per heavy atom. The Morgan fingerprint density at radius 1 is 1.21 bits per heavy atom. The van der Waals surface area contributed by atoms with Gasteiger partial charge in [0, 0.05) is 31.5 Å². The van der Waals surface area contributed by atoms with E-state index in [0.29, 0.717) is 18.7 Å². The molecule has 1 aliphatic rings. The minimum absolute atomic E-state index is 0.0105. The summed E-state index contributed by atoms with van der Waals surface area (Å²) in [4.78, 5) is 24.2. The maximum atomic E-state index is 13.9. The Hall–Kier alpha value is -2.92. The molecule has 0 unspecified atom stereocenters. The van der Waals surface area contributed by atoms with Crippen molar-refractivity contribution in [2.75, 3.05) is 18.0 Å². The number of imidazole rings is 1. The molecule has 3 aromatic rings. The number of aromatic nitrogens is 4. The first kappa shape index (κ1) is 23.2. The van der Waals surface area contributed by atoms with Crippen LogP contribution in [0.2, 0.25) is 0 Å². The third kappa shape index (κ3) is 4.88. The van der Waals surface area contributed by atoms with Crippen LogP contribution in [0.25, 0.3) is 11.2 Å². The normalized spacial score (nSPS) is 13.9. The molecule has 0 aliphatic heterocycles. The zero-order valence-corrected chi connectivity index (χ0v) is 19.7. The monoisotopic (exact) mass is 474 g/mol. The number of nitrogens with zero attached hydrogens (tertiary/aromatic N) is 4. The Labute approximate surface area is 191 Å². The number of ketones is 1. The molecule has 176 valence electrons. The predicted octanol–water partition coefficient (Wildman–Crippen LogP) is 2.15. The van der Waals surface area contributed by atoms with Crippen LogP contribution >= 0.6 is 0 Å². The van der Waals surface area contributed by atoms with E-state index in [2.05, 4.69) is 19.7 Å². The van der Waals surface area contributed by atoms with Gasteiger partial charge in [0.25, 0.3) is 0 Å². The van der Waals surface area contributed by atoms with E-state index >= 15 is 0 Å². The lowest BCUT2D eigenvalue weighted by molar-refractivity contribution is 0.0994. The molecule has 0 spiro atoms. The Bertz CT molecular complexity index is 1350. The van der Waals surface area contributed by atoms with Gasteiger partial charge < -0.3 is 10.3 Å². The standard InChI is InChI=1S/C22H27FN6O3S/c1-12(2)11-33(31,32)25-6-7-29-18(26-19-20(24)27-22(23)28-21(19)29)10-15-9-16-14(8-13(15)3)4-5-17(16)30/h8-9,12,25H,4-7,10-11H2,1-3H3,(H2,24,27,28). The summed E-state index contributed by atoms with van der Waals surface area (Å²) in [5.74, 6) is 0.569. The molecule has 0 radical (unpaired) electrons. The zero-order valence-electron chi connectivity index (χ0n) is 18.9. The van der Waals surface area contributed by atoms with Gasteiger partial charge in [-0.15, -0.1) is 0 Å². The van der Waals surface area contributed by atoms with Crippen LogP contribution in [0.5, 0.6) is 0 Å². The number of nitrogen functional groups attached to an aromatic ring is 1. The van der Waals surface area contributed by atoms with Crippen molar-refractivity contribution in [1.29, 1.82) is 0 Å². The fraction of sp³-hybridized carbons (Fsp3) is 0.455. The highest BCUT2D eigenvalue weighted by atomic mass is 32.2. The van der Waals surface area contributed by atoms with Gasteiger partial charge in [-0.25, -0.2) is 18.1 Å². The van der Waals surface area contributed by atoms with Crippen molar-refractivity contribution in [1.82, 2.24) is 24.2 Å². The molecule has 4 rings (SSSR count). The summed E-state index contributed by atoms with van der Waals surface area (Å²) >= 11 is 0. The third-order valence-corrected chi connectivity index (χ3v) is 7.47. The van der Waals surface area contributed by atoms with Gasteiger partial charge in [-0.05, 0) is 42.0 Å². The van der Waals surface area contributed by atoms with Crippen molar-refractivity contribution >= 4 is 32.8 Å². The summed E-state index contributed by atoms with van der Waals surface area (Å²) in [7, 11) is -3.45. The molecule has 9 nitrogen and oxygen atoms in total. The molecule has 0 saturated carbocycles. The first-order valence-corrected chi connectivity index (χ1v) is 12.5. The van der Waals surface area contributed by atoms with Crippen LogP contribution in [0.4, 0.5) is 10.2 Å². The van der Waals surface area contributed by atoms with Gasteiger partial charge in [-0.1, -0.05) is 19.9 Å². The second-order valence-electron chi connectivity index (χ2n) is 8.84. The van der Waals surface area contributed by atoms with Gasteiger partial charge in [0.15, 0.2) is 22.8 Å². The number of carbonyl (C=O) groups excluding carboxylic acids is 1. The quantitative estimate of drug-likeness (QED) is 0.478. The zero-order chi connectivity index (χ0) is 23.9. The number of halogens is 1. The van der Waals surface area contributed by atoms with Crippen LogP contribution in [-0.2, 0) is 29.4 Å². The Kier molecular flexibility index (Phi) is 6.19. The number of benzene rings is 1. The highest BCUT2D eigenvalue weighted by Crippen LogP contribution is 2.28. The Balaban J connectivity index is 1.69. The SMILES string of the molecule is Cc1cc2c(cc1Cc1nc3c(N)nc(F)nc3n1CCNS(=O)(=O)CC(C)C)C(=O)CC2. The van der Waals surface area contributed by atoms with Crippen LogP contribution in [0, 0.1) is 18.9 Å². The van der Waals surface area contributed by atoms with Crippen molar-refractivity contribution in [3.05, 3.63) is 46.3 Å². The van der Waals surface area contributed by atoms with Crippen molar-refractivity contribution < 1.29 is 17.6 Å². The predicted molar refractivity (Wildman–Crippen MR) is 123 cm³/mol. The largest absolute Gasteiger partial charge is 0.382 e. The third-order valence-electron chi connectivity index (χ3n) is 5.72. The van der Waals surface area contributed by atoms with Gasteiger partial charge >= 0.3 is 6.08 Å². The number of fused-ring (bicyclic) bond motifs is 2. The summed E-state index contributed by atoms with van der Waals surface area (Å²) in [6.07, 6.45) is 0.629. The van der Waals surface area contributed by atoms with Crippen LogP contribution in [0.1, 0.15) is 53.1 Å². The van der Waals surface area contributed by atoms with E-state index in [1.807, 2.05) is 32.9 Å². The second-order valence-corrected chi connectivity index (χ2v) is 10.7. The number of hydrogen-bond donors (Lipinski definition) is 2. The van der Waals surface area contributed by atoms with Crippen LogP contribution in [-0.4, -0.2) is 46.0 Å². The maximum absolute atomic E-state index is 13.9. The minimum atomic E-state index is -3.45. The summed E-state index contributed by atoms with van der Waals surface area (Å²) in [5, 5.41) is 0. The molecule has 0 saturated heterocycles. The summed E-state index contributed by atoms with van der Waals surface area (Å²) in [6, 6.07) is 3.92. The number of sulfonamides is 1. The molecular weight excluding hydrogens is 447 g/mol. The molecule has 11 heteroatoms. The van der Waals surface area contributed by atoms with E-state index in [9.17, 15) is 17.6 Å². The highest BCUT2D eigenvalue weighted by Gasteiger charge is 2.23. The first-order valence-electron chi connectivity index (χ1n) is 10.8. The number of Topliss-reactive ketones (excluding diaryl/α,β-unsaturated/α-hetero) is 1. The lowest BCUT2D eigenvalue weighted by atomic mass is 9.98. The number of anilines is 1. The molecule has 1 aromatic carbocycles. The van der Waals surface area contributed by atoms with Gasteiger partial charge in [-0.2, -0.15) is 14.4 Å². The van der Waals surface area contributed by atoms with Crippen molar-refractivity contribution in [2.45, 2.75) is 46.6 Å². The lowest BCUT2D eigenvalue weighted by Gasteiger charge is -2.13.